The van der Waals surface area contributed by atoms with Gasteiger partial charge in [-0.1, -0.05) is 42.5 Å². The van der Waals surface area contributed by atoms with Gasteiger partial charge in [-0.15, -0.1) is 0 Å². The van der Waals surface area contributed by atoms with E-state index in [1.54, 1.807) is 0 Å². The van der Waals surface area contributed by atoms with E-state index in [1.165, 1.54) is 50.9 Å². The number of piperidine rings is 1. The first kappa shape index (κ1) is 13.8. The summed E-state index contributed by atoms with van der Waals surface area (Å²) in [6.45, 7) is 4.84. The Morgan fingerprint density at radius 2 is 2.00 bits per heavy atom. The highest BCUT2D eigenvalue weighted by Gasteiger charge is 2.24. The second-order valence-electron chi connectivity index (χ2n) is 6.26. The van der Waals surface area contributed by atoms with Crippen molar-refractivity contribution in [3.63, 3.8) is 0 Å². The Labute approximate surface area is 122 Å². The Morgan fingerprint density at radius 1 is 1.15 bits per heavy atom. The summed E-state index contributed by atoms with van der Waals surface area (Å²) in [7, 11) is 0. The lowest BCUT2D eigenvalue weighted by Crippen LogP contribution is -2.40. The lowest BCUT2D eigenvalue weighted by Gasteiger charge is -2.32. The second-order valence-corrected chi connectivity index (χ2v) is 6.26. The zero-order valence-electron chi connectivity index (χ0n) is 12.3. The first-order valence-electron chi connectivity index (χ1n) is 8.07. The van der Waals surface area contributed by atoms with E-state index in [1.807, 2.05) is 0 Å². The Hall–Kier alpha value is -1.12. The first-order valence-corrected chi connectivity index (χ1v) is 8.07. The van der Waals surface area contributed by atoms with Gasteiger partial charge < -0.3 is 5.32 Å². The number of benzene rings is 1. The van der Waals surface area contributed by atoms with Gasteiger partial charge in [0.25, 0.3) is 0 Å². The third kappa shape index (κ3) is 4.46. The maximum atomic E-state index is 3.68. The van der Waals surface area contributed by atoms with Crippen molar-refractivity contribution in [3.05, 3.63) is 42.0 Å². The molecule has 1 aliphatic heterocycles. The number of nitrogens with zero attached hydrogens (tertiary/aromatic N) is 1. The molecule has 1 N–H and O–H groups in total. The molecule has 1 heterocycles. The molecule has 2 nitrogen and oxygen atoms in total. The summed E-state index contributed by atoms with van der Waals surface area (Å²) < 4.78 is 0. The number of hydrogen-bond donors (Lipinski definition) is 1. The number of rotatable bonds is 6. The van der Waals surface area contributed by atoms with Gasteiger partial charge in [0, 0.05) is 19.1 Å². The van der Waals surface area contributed by atoms with Crippen LogP contribution in [0, 0.1) is 5.92 Å². The minimum atomic E-state index is 0.850. The maximum Gasteiger partial charge on any atom is 0.0166 e. The van der Waals surface area contributed by atoms with Gasteiger partial charge in [-0.3, -0.25) is 4.90 Å². The fourth-order valence-electron chi connectivity index (χ4n) is 3.01. The smallest absolute Gasteiger partial charge is 0.0166 e. The summed E-state index contributed by atoms with van der Waals surface area (Å²) in [6, 6.07) is 11.4. The van der Waals surface area contributed by atoms with Gasteiger partial charge in [-0.2, -0.15) is 0 Å². The van der Waals surface area contributed by atoms with Crippen LogP contribution >= 0.6 is 0 Å². The molecule has 1 unspecified atom stereocenters. The van der Waals surface area contributed by atoms with E-state index in [9.17, 15) is 0 Å². The lowest BCUT2D eigenvalue weighted by atomic mass is 9.98. The fourth-order valence-corrected chi connectivity index (χ4v) is 3.01. The normalized spacial score (nSPS) is 24.3. The van der Waals surface area contributed by atoms with Crippen LogP contribution in [-0.2, 0) is 0 Å². The third-order valence-corrected chi connectivity index (χ3v) is 4.35. The van der Waals surface area contributed by atoms with Crippen molar-refractivity contribution in [1.29, 1.82) is 0 Å². The zero-order chi connectivity index (χ0) is 13.6. The molecule has 0 radical (unpaired) electrons. The largest absolute Gasteiger partial charge is 0.314 e. The SMILES string of the molecule is C(=Cc1ccccc1)CN1CCCC(CNC2CC2)C1. The molecule has 3 rings (SSSR count). The van der Waals surface area contributed by atoms with Crippen LogP contribution in [0.25, 0.3) is 6.08 Å². The van der Waals surface area contributed by atoms with E-state index in [2.05, 4.69) is 52.7 Å². The summed E-state index contributed by atoms with van der Waals surface area (Å²) in [5, 5.41) is 3.68. The van der Waals surface area contributed by atoms with Crippen LogP contribution in [0.5, 0.6) is 0 Å². The molecule has 2 aliphatic rings. The minimum Gasteiger partial charge on any atom is -0.314 e. The van der Waals surface area contributed by atoms with E-state index < -0.39 is 0 Å². The van der Waals surface area contributed by atoms with E-state index in [4.69, 9.17) is 0 Å². The molecule has 0 aromatic heterocycles. The Kier molecular flexibility index (Phi) is 4.88. The summed E-state index contributed by atoms with van der Waals surface area (Å²) >= 11 is 0. The van der Waals surface area contributed by atoms with Crippen molar-refractivity contribution in [2.24, 2.45) is 5.92 Å². The number of hydrogen-bond acceptors (Lipinski definition) is 2. The molecule has 0 bridgehead atoms. The molecule has 1 saturated heterocycles. The van der Waals surface area contributed by atoms with Gasteiger partial charge in [-0.25, -0.2) is 0 Å². The summed E-state index contributed by atoms with van der Waals surface area (Å²) in [5.41, 5.74) is 1.30. The summed E-state index contributed by atoms with van der Waals surface area (Å²) in [4.78, 5) is 2.60. The molecule has 2 fully saturated rings. The molecule has 1 atom stereocenters. The van der Waals surface area contributed by atoms with Crippen LogP contribution < -0.4 is 5.32 Å². The molecule has 20 heavy (non-hydrogen) atoms. The third-order valence-electron chi connectivity index (χ3n) is 4.35. The molecule has 1 aliphatic carbocycles. The highest BCUT2D eigenvalue weighted by molar-refractivity contribution is 5.48. The van der Waals surface area contributed by atoms with E-state index in [0.717, 1.165) is 18.5 Å². The standard InChI is InChI=1S/C18H26N2/c1-2-6-16(7-3-1)8-4-12-20-13-5-9-17(15-20)14-19-18-10-11-18/h1-4,6-8,17-19H,5,9-15H2. The predicted octanol–water partition coefficient (Wildman–Crippen LogP) is 3.16. The average Bonchev–Trinajstić information content (AvgIpc) is 3.31. The van der Waals surface area contributed by atoms with Gasteiger partial charge >= 0.3 is 0 Å². The molecule has 1 saturated carbocycles. The molecule has 108 valence electrons. The van der Waals surface area contributed by atoms with Crippen LogP contribution in [0.15, 0.2) is 36.4 Å². The average molecular weight is 270 g/mol. The quantitative estimate of drug-likeness (QED) is 0.854. The van der Waals surface area contributed by atoms with E-state index in [0.29, 0.717) is 0 Å². The highest BCUT2D eigenvalue weighted by Crippen LogP contribution is 2.21. The lowest BCUT2D eigenvalue weighted by molar-refractivity contribution is 0.188. The molecule has 0 amide bonds. The van der Waals surface area contributed by atoms with E-state index in [-0.39, 0.29) is 0 Å². The number of likely N-dealkylation sites (tertiary alicyclic amines) is 1. The van der Waals surface area contributed by atoms with Crippen LogP contribution in [-0.4, -0.2) is 37.1 Å². The molecular weight excluding hydrogens is 244 g/mol. The van der Waals surface area contributed by atoms with Crippen LogP contribution in [0.2, 0.25) is 0 Å². The van der Waals surface area contributed by atoms with E-state index >= 15 is 0 Å². The minimum absolute atomic E-state index is 0.850. The van der Waals surface area contributed by atoms with Crippen LogP contribution in [0.1, 0.15) is 31.2 Å². The fraction of sp³-hybridized carbons (Fsp3) is 0.556. The van der Waals surface area contributed by atoms with Crippen LogP contribution in [0.3, 0.4) is 0 Å². The predicted molar refractivity (Wildman–Crippen MR) is 85.7 cm³/mol. The molecule has 2 heteroatoms. The van der Waals surface area contributed by atoms with Gasteiger partial charge in [0.2, 0.25) is 0 Å². The number of nitrogens with one attached hydrogen (secondary N) is 1. The molecule has 1 aromatic carbocycles. The topological polar surface area (TPSA) is 15.3 Å². The van der Waals surface area contributed by atoms with Gasteiger partial charge in [0.1, 0.15) is 0 Å². The Balaban J connectivity index is 1.41. The zero-order valence-corrected chi connectivity index (χ0v) is 12.3. The molecule has 1 aromatic rings. The molecular formula is C18H26N2. The Bertz CT molecular complexity index is 422. The maximum absolute atomic E-state index is 3.68. The first-order chi connectivity index (χ1) is 9.90. The van der Waals surface area contributed by atoms with Crippen molar-refractivity contribution in [1.82, 2.24) is 10.2 Å². The van der Waals surface area contributed by atoms with Crippen molar-refractivity contribution in [2.75, 3.05) is 26.2 Å². The highest BCUT2D eigenvalue weighted by atomic mass is 15.1. The van der Waals surface area contributed by atoms with Crippen molar-refractivity contribution >= 4 is 6.08 Å². The van der Waals surface area contributed by atoms with Crippen molar-refractivity contribution in [2.45, 2.75) is 31.7 Å². The van der Waals surface area contributed by atoms with Crippen molar-refractivity contribution < 1.29 is 0 Å². The van der Waals surface area contributed by atoms with Gasteiger partial charge in [-0.05, 0) is 50.3 Å². The Morgan fingerprint density at radius 3 is 2.80 bits per heavy atom. The van der Waals surface area contributed by atoms with Gasteiger partial charge in [0.05, 0.1) is 0 Å². The molecule has 0 spiro atoms. The van der Waals surface area contributed by atoms with Gasteiger partial charge in [0.15, 0.2) is 0 Å². The van der Waals surface area contributed by atoms with Crippen molar-refractivity contribution in [3.8, 4) is 0 Å². The monoisotopic (exact) mass is 270 g/mol. The summed E-state index contributed by atoms with van der Waals surface area (Å²) in [6.07, 6.45) is 10.1. The summed E-state index contributed by atoms with van der Waals surface area (Å²) in [5.74, 6) is 0.856. The second kappa shape index (κ2) is 7.05. The van der Waals surface area contributed by atoms with Crippen LogP contribution in [0.4, 0.5) is 0 Å².